The highest BCUT2D eigenvalue weighted by molar-refractivity contribution is 7.92. The van der Waals surface area contributed by atoms with Gasteiger partial charge in [-0.2, -0.15) is 0 Å². The zero-order valence-electron chi connectivity index (χ0n) is 19.1. The molecule has 34 heavy (non-hydrogen) atoms. The molecule has 0 spiro atoms. The number of hydrogen-bond donors (Lipinski definition) is 1. The van der Waals surface area contributed by atoms with Crippen LogP contribution in [0.5, 0.6) is 5.75 Å². The molecule has 3 rings (SSSR count). The van der Waals surface area contributed by atoms with Crippen molar-refractivity contribution in [1.82, 2.24) is 5.32 Å². The first-order valence-electron chi connectivity index (χ1n) is 11.1. The van der Waals surface area contributed by atoms with Crippen LogP contribution < -0.4 is 14.4 Å². The van der Waals surface area contributed by atoms with E-state index in [-0.39, 0.29) is 24.7 Å². The van der Waals surface area contributed by atoms with Crippen molar-refractivity contribution in [3.05, 3.63) is 95.8 Å². The number of nitrogens with zero attached hydrogens (tertiary/aromatic N) is 1. The molecule has 0 aliphatic heterocycles. The quantitative estimate of drug-likeness (QED) is 0.416. The van der Waals surface area contributed by atoms with E-state index >= 15 is 0 Å². The van der Waals surface area contributed by atoms with Gasteiger partial charge in [0.25, 0.3) is 0 Å². The van der Waals surface area contributed by atoms with Crippen LogP contribution in [0.25, 0.3) is 0 Å². The van der Waals surface area contributed by atoms with Crippen molar-refractivity contribution in [3.63, 3.8) is 0 Å². The van der Waals surface area contributed by atoms with Gasteiger partial charge in [0.15, 0.2) is 0 Å². The van der Waals surface area contributed by atoms with Crippen molar-refractivity contribution < 1.29 is 22.3 Å². The minimum Gasteiger partial charge on any atom is -0.489 e. The van der Waals surface area contributed by atoms with Crippen molar-refractivity contribution >= 4 is 21.6 Å². The summed E-state index contributed by atoms with van der Waals surface area (Å²) in [7, 11) is -3.51. The Bertz CT molecular complexity index is 1150. The molecular formula is C26H29FN2O4S. The van der Waals surface area contributed by atoms with Crippen molar-refractivity contribution in [1.29, 1.82) is 0 Å². The molecule has 0 bridgehead atoms. The maximum atomic E-state index is 12.9. The van der Waals surface area contributed by atoms with E-state index in [1.165, 1.54) is 16.4 Å². The first-order valence-corrected chi connectivity index (χ1v) is 12.9. The highest BCUT2D eigenvalue weighted by Gasteiger charge is 2.17. The third-order valence-corrected chi connectivity index (χ3v) is 6.38. The van der Waals surface area contributed by atoms with Crippen molar-refractivity contribution in [2.24, 2.45) is 0 Å². The highest BCUT2D eigenvalue weighted by atomic mass is 32.2. The molecule has 3 aromatic carbocycles. The van der Waals surface area contributed by atoms with Gasteiger partial charge in [-0.15, -0.1) is 0 Å². The van der Waals surface area contributed by atoms with Gasteiger partial charge in [-0.25, -0.2) is 12.8 Å². The number of nitrogens with one attached hydrogen (secondary N) is 1. The highest BCUT2D eigenvalue weighted by Crippen LogP contribution is 2.23. The van der Waals surface area contributed by atoms with Gasteiger partial charge in [0, 0.05) is 19.5 Å². The van der Waals surface area contributed by atoms with Gasteiger partial charge in [0.2, 0.25) is 15.9 Å². The third-order valence-electron chi connectivity index (χ3n) is 5.19. The molecule has 0 saturated carbocycles. The molecule has 0 unspecified atom stereocenters. The van der Waals surface area contributed by atoms with Crippen LogP contribution >= 0.6 is 0 Å². The Balaban J connectivity index is 1.46. The predicted octanol–water partition coefficient (Wildman–Crippen LogP) is 4.31. The summed E-state index contributed by atoms with van der Waals surface area (Å²) in [5.41, 5.74) is 2.49. The largest absolute Gasteiger partial charge is 0.489 e. The fourth-order valence-corrected chi connectivity index (χ4v) is 4.37. The molecule has 0 fully saturated rings. The molecule has 0 saturated heterocycles. The summed E-state index contributed by atoms with van der Waals surface area (Å²) in [5.74, 6) is 0.194. The number of amides is 1. The number of anilines is 1. The van der Waals surface area contributed by atoms with Crippen molar-refractivity contribution in [2.75, 3.05) is 23.7 Å². The van der Waals surface area contributed by atoms with Gasteiger partial charge in [0.1, 0.15) is 18.2 Å². The fourth-order valence-electron chi connectivity index (χ4n) is 3.40. The third kappa shape index (κ3) is 8.19. The number of rotatable bonds is 12. The van der Waals surface area contributed by atoms with Crippen molar-refractivity contribution in [2.45, 2.75) is 25.9 Å². The lowest BCUT2D eigenvalue weighted by Gasteiger charge is -2.22. The number of carbonyl (C=O) groups excluding carboxylic acids is 1. The number of benzene rings is 3. The second-order valence-electron chi connectivity index (χ2n) is 7.93. The van der Waals surface area contributed by atoms with Crippen LogP contribution in [0.4, 0.5) is 10.1 Å². The second-order valence-corrected chi connectivity index (χ2v) is 9.84. The molecule has 3 aromatic rings. The Kier molecular flexibility index (Phi) is 9.04. The van der Waals surface area contributed by atoms with Gasteiger partial charge >= 0.3 is 0 Å². The number of ether oxygens (including phenoxy) is 1. The summed E-state index contributed by atoms with van der Waals surface area (Å²) in [6, 6.07) is 22.8. The molecule has 180 valence electrons. The van der Waals surface area contributed by atoms with Gasteiger partial charge in [0.05, 0.1) is 11.9 Å². The molecule has 0 heterocycles. The SMILES string of the molecule is CS(=O)(=O)N(CCCC(=O)NCCc1ccc(F)cc1)c1ccc(OCc2ccccc2)cc1. The summed E-state index contributed by atoms with van der Waals surface area (Å²) < 4.78 is 44.6. The number of hydrogen-bond acceptors (Lipinski definition) is 4. The first-order chi connectivity index (χ1) is 16.3. The van der Waals surface area contributed by atoms with Crippen molar-refractivity contribution in [3.8, 4) is 5.75 Å². The van der Waals surface area contributed by atoms with E-state index in [1.54, 1.807) is 36.4 Å². The average molecular weight is 485 g/mol. The van der Waals surface area contributed by atoms with E-state index in [9.17, 15) is 17.6 Å². The van der Waals surface area contributed by atoms with E-state index < -0.39 is 10.0 Å². The summed E-state index contributed by atoms with van der Waals surface area (Å²) in [5, 5.41) is 2.82. The number of sulfonamides is 1. The van der Waals surface area contributed by atoms with E-state index in [1.807, 2.05) is 30.3 Å². The second kappa shape index (κ2) is 12.2. The maximum absolute atomic E-state index is 12.9. The van der Waals surface area contributed by atoms with Crippen LogP contribution in [-0.2, 0) is 27.8 Å². The molecule has 0 aromatic heterocycles. The molecule has 1 N–H and O–H groups in total. The molecule has 1 amide bonds. The van der Waals surface area contributed by atoms with Crippen LogP contribution in [0, 0.1) is 5.82 Å². The van der Waals surface area contributed by atoms with Gasteiger partial charge < -0.3 is 10.1 Å². The van der Waals surface area contributed by atoms with Crippen LogP contribution in [0.3, 0.4) is 0 Å². The normalized spacial score (nSPS) is 11.1. The predicted molar refractivity (Wildman–Crippen MR) is 132 cm³/mol. The lowest BCUT2D eigenvalue weighted by Crippen LogP contribution is -2.32. The Morgan fingerprint density at radius 3 is 2.26 bits per heavy atom. The minimum atomic E-state index is -3.51. The van der Waals surface area contributed by atoms with Gasteiger partial charge in [-0.05, 0) is 60.4 Å². The fraction of sp³-hybridized carbons (Fsp3) is 0.269. The molecule has 0 aliphatic rings. The van der Waals surface area contributed by atoms with Crippen LogP contribution in [-0.4, -0.2) is 33.7 Å². The Morgan fingerprint density at radius 1 is 0.941 bits per heavy atom. The monoisotopic (exact) mass is 484 g/mol. The Morgan fingerprint density at radius 2 is 1.62 bits per heavy atom. The standard InChI is InChI=1S/C26H29FN2O4S/c1-34(31,32)29(19-5-8-26(30)28-18-17-21-9-11-23(27)12-10-21)24-13-15-25(16-14-24)33-20-22-6-3-2-4-7-22/h2-4,6-7,9-16H,5,8,17-20H2,1H3,(H,28,30). The number of carbonyl (C=O) groups is 1. The Hall–Kier alpha value is -3.39. The van der Waals surface area contributed by atoms with Gasteiger partial charge in [-0.3, -0.25) is 9.10 Å². The first kappa shape index (κ1) is 25.2. The zero-order valence-corrected chi connectivity index (χ0v) is 19.9. The molecule has 8 heteroatoms. The summed E-state index contributed by atoms with van der Waals surface area (Å²) in [6.07, 6.45) is 2.32. The van der Waals surface area contributed by atoms with Crippen LogP contribution in [0.15, 0.2) is 78.9 Å². The van der Waals surface area contributed by atoms with E-state index in [4.69, 9.17) is 4.74 Å². The van der Waals surface area contributed by atoms with Crippen LogP contribution in [0.1, 0.15) is 24.0 Å². The van der Waals surface area contributed by atoms with E-state index in [2.05, 4.69) is 5.32 Å². The molecule has 0 radical (unpaired) electrons. The minimum absolute atomic E-state index is 0.153. The Labute approximate surface area is 200 Å². The summed E-state index contributed by atoms with van der Waals surface area (Å²) in [4.78, 5) is 12.1. The number of halogens is 1. The molecule has 0 atom stereocenters. The smallest absolute Gasteiger partial charge is 0.232 e. The van der Waals surface area contributed by atoms with Gasteiger partial charge in [-0.1, -0.05) is 42.5 Å². The molecule has 0 aliphatic carbocycles. The lowest BCUT2D eigenvalue weighted by atomic mass is 10.1. The zero-order chi connectivity index (χ0) is 24.4. The summed E-state index contributed by atoms with van der Waals surface area (Å²) >= 11 is 0. The summed E-state index contributed by atoms with van der Waals surface area (Å²) in [6.45, 7) is 1.05. The van der Waals surface area contributed by atoms with E-state index in [0.29, 0.717) is 37.4 Å². The average Bonchev–Trinajstić information content (AvgIpc) is 2.82. The molecular weight excluding hydrogens is 455 g/mol. The maximum Gasteiger partial charge on any atom is 0.232 e. The topological polar surface area (TPSA) is 75.7 Å². The lowest BCUT2D eigenvalue weighted by molar-refractivity contribution is -0.121. The van der Waals surface area contributed by atoms with Crippen LogP contribution in [0.2, 0.25) is 0 Å². The van der Waals surface area contributed by atoms with E-state index in [0.717, 1.165) is 17.4 Å². The molecule has 6 nitrogen and oxygen atoms in total.